The van der Waals surface area contributed by atoms with Crippen molar-refractivity contribution < 1.29 is 6.22 Å². The Balaban J connectivity index is 0.00000144. The Morgan fingerprint density at radius 3 is 2.58 bits per heavy atom. The zero-order valence-electron chi connectivity index (χ0n) is 7.37. The van der Waals surface area contributed by atoms with Crippen molar-refractivity contribution >= 4 is 5.91 Å². The lowest BCUT2D eigenvalue weighted by Crippen LogP contribution is -2.19. The second-order valence-electron chi connectivity index (χ2n) is 2.98. The van der Waals surface area contributed by atoms with E-state index in [-0.39, 0.29) is 13.3 Å². The molecule has 2 nitrogen and oxygen atoms in total. The molecule has 1 aromatic carbocycles. The Kier molecular flexibility index (Phi) is 2.48. The molecule has 1 unspecified atom stereocenters. The van der Waals surface area contributed by atoms with E-state index in [2.05, 4.69) is 0 Å². The van der Waals surface area contributed by atoms with Gasteiger partial charge in [0.2, 0.25) is 5.91 Å². The fourth-order valence-electron chi connectivity index (χ4n) is 1.23. The first-order valence-electron chi connectivity index (χ1n) is 3.97. The molecule has 0 radical (unpaired) electrons. The van der Waals surface area contributed by atoms with E-state index in [0.717, 1.165) is 11.1 Å². The molecule has 12 heavy (non-hydrogen) atoms. The lowest BCUT2D eigenvalue weighted by molar-refractivity contribution is -0.119. The van der Waals surface area contributed by atoms with Gasteiger partial charge in [-0.2, -0.15) is 0 Å². The van der Waals surface area contributed by atoms with Gasteiger partial charge < -0.3 is 5.73 Å². The predicted octanol–water partition coefficient (Wildman–Crippen LogP) is 1.83. The Morgan fingerprint density at radius 1 is 1.50 bits per heavy atom. The van der Waals surface area contributed by atoms with Crippen LogP contribution in [0.4, 0.5) is 0 Å². The number of carbonyl (C=O) groups is 1. The Labute approximate surface area is 73.9 Å². The standard InChI is InChI=1S/C10H13NO.H2/c1-7-5-3-4-6-9(7)8(2)10(11)12;/h3-6,8H,1-2H3,(H2,11,12);1H. The Morgan fingerprint density at radius 2 is 2.08 bits per heavy atom. The normalized spacial score (nSPS) is 12.5. The van der Waals surface area contributed by atoms with Crippen LogP contribution >= 0.6 is 0 Å². The summed E-state index contributed by atoms with van der Waals surface area (Å²) < 4.78 is 0. The van der Waals surface area contributed by atoms with Crippen LogP contribution in [0.2, 0.25) is 0 Å². The minimum atomic E-state index is -0.274. The van der Waals surface area contributed by atoms with Crippen LogP contribution < -0.4 is 5.73 Å². The van der Waals surface area contributed by atoms with Crippen LogP contribution in [0.5, 0.6) is 0 Å². The molecule has 1 atom stereocenters. The van der Waals surface area contributed by atoms with Gasteiger partial charge in [-0.1, -0.05) is 24.3 Å². The van der Waals surface area contributed by atoms with Crippen LogP contribution in [0.1, 0.15) is 25.4 Å². The summed E-state index contributed by atoms with van der Waals surface area (Å²) in [6.07, 6.45) is 0. The molecule has 0 fully saturated rings. The molecular formula is C10H15NO. The van der Waals surface area contributed by atoms with Crippen molar-refractivity contribution in [2.24, 2.45) is 5.73 Å². The maximum absolute atomic E-state index is 10.9. The van der Waals surface area contributed by atoms with E-state index >= 15 is 0 Å². The molecule has 0 aromatic heterocycles. The topological polar surface area (TPSA) is 43.1 Å². The molecule has 0 bridgehead atoms. The Bertz CT molecular complexity index is 299. The summed E-state index contributed by atoms with van der Waals surface area (Å²) in [6, 6.07) is 7.79. The molecule has 0 saturated heterocycles. The van der Waals surface area contributed by atoms with Gasteiger partial charge in [0.25, 0.3) is 0 Å². The summed E-state index contributed by atoms with van der Waals surface area (Å²) in [5.74, 6) is -0.462. The molecular weight excluding hydrogens is 150 g/mol. The highest BCUT2D eigenvalue weighted by Gasteiger charge is 2.12. The Hall–Kier alpha value is -1.31. The van der Waals surface area contributed by atoms with E-state index in [4.69, 9.17) is 5.73 Å². The number of amides is 1. The first-order valence-corrected chi connectivity index (χ1v) is 3.97. The van der Waals surface area contributed by atoms with Gasteiger partial charge in [0.05, 0.1) is 5.92 Å². The van der Waals surface area contributed by atoms with Crippen LogP contribution in [0.3, 0.4) is 0 Å². The number of nitrogens with two attached hydrogens (primary N) is 1. The van der Waals surface area contributed by atoms with Gasteiger partial charge in [-0.05, 0) is 25.0 Å². The highest BCUT2D eigenvalue weighted by atomic mass is 16.1. The first kappa shape index (κ1) is 8.78. The average Bonchev–Trinajstić information content (AvgIpc) is 2.04. The van der Waals surface area contributed by atoms with Crippen molar-refractivity contribution in [1.82, 2.24) is 0 Å². The van der Waals surface area contributed by atoms with E-state index in [1.807, 2.05) is 38.1 Å². The molecule has 66 valence electrons. The highest BCUT2D eigenvalue weighted by molar-refractivity contribution is 5.81. The molecule has 0 aliphatic heterocycles. The zero-order chi connectivity index (χ0) is 9.14. The smallest absolute Gasteiger partial charge is 0.224 e. The summed E-state index contributed by atoms with van der Waals surface area (Å²) in [6.45, 7) is 3.80. The lowest BCUT2D eigenvalue weighted by Gasteiger charge is -2.09. The maximum atomic E-state index is 10.9. The third kappa shape index (κ3) is 1.64. The molecule has 1 amide bonds. The zero-order valence-corrected chi connectivity index (χ0v) is 7.37. The SMILES string of the molecule is Cc1ccccc1C(C)C(N)=O.[HH]. The van der Waals surface area contributed by atoms with Gasteiger partial charge in [-0.3, -0.25) is 4.79 Å². The van der Waals surface area contributed by atoms with Crippen molar-refractivity contribution in [3.63, 3.8) is 0 Å². The van der Waals surface area contributed by atoms with Crippen molar-refractivity contribution in [3.8, 4) is 0 Å². The van der Waals surface area contributed by atoms with Gasteiger partial charge in [-0.15, -0.1) is 0 Å². The minimum Gasteiger partial charge on any atom is -0.369 e. The van der Waals surface area contributed by atoms with E-state index in [0.29, 0.717) is 0 Å². The van der Waals surface area contributed by atoms with Crippen LogP contribution in [0.15, 0.2) is 24.3 Å². The molecule has 0 aliphatic carbocycles. The third-order valence-electron chi connectivity index (χ3n) is 2.08. The number of hydrogen-bond acceptors (Lipinski definition) is 1. The third-order valence-corrected chi connectivity index (χ3v) is 2.08. The number of rotatable bonds is 2. The van der Waals surface area contributed by atoms with E-state index in [1.54, 1.807) is 0 Å². The van der Waals surface area contributed by atoms with Crippen LogP contribution in [0.25, 0.3) is 0 Å². The number of primary amides is 1. The summed E-state index contributed by atoms with van der Waals surface area (Å²) in [4.78, 5) is 10.9. The second kappa shape index (κ2) is 3.39. The molecule has 0 heterocycles. The fourth-order valence-corrected chi connectivity index (χ4v) is 1.23. The van der Waals surface area contributed by atoms with Gasteiger partial charge >= 0.3 is 0 Å². The van der Waals surface area contributed by atoms with E-state index in [9.17, 15) is 4.79 Å². The van der Waals surface area contributed by atoms with Gasteiger partial charge in [0.15, 0.2) is 0 Å². The molecule has 2 heteroatoms. The summed E-state index contributed by atoms with van der Waals surface area (Å²) in [5.41, 5.74) is 7.33. The fraction of sp³-hybridized carbons (Fsp3) is 0.300. The molecule has 0 saturated carbocycles. The van der Waals surface area contributed by atoms with E-state index in [1.165, 1.54) is 0 Å². The predicted molar refractivity (Wildman–Crippen MR) is 50.9 cm³/mol. The van der Waals surface area contributed by atoms with Crippen LogP contribution in [-0.2, 0) is 4.79 Å². The largest absolute Gasteiger partial charge is 0.369 e. The maximum Gasteiger partial charge on any atom is 0.224 e. The molecule has 0 aliphatic rings. The highest BCUT2D eigenvalue weighted by Crippen LogP contribution is 2.17. The molecule has 2 N–H and O–H groups in total. The van der Waals surface area contributed by atoms with Crippen molar-refractivity contribution in [2.75, 3.05) is 0 Å². The quantitative estimate of drug-likeness (QED) is 0.713. The lowest BCUT2D eigenvalue weighted by atomic mass is 9.96. The van der Waals surface area contributed by atoms with Crippen LogP contribution in [0, 0.1) is 6.92 Å². The number of aryl methyl sites for hydroxylation is 1. The summed E-state index contributed by atoms with van der Waals surface area (Å²) >= 11 is 0. The minimum absolute atomic E-state index is 0. The second-order valence-corrected chi connectivity index (χ2v) is 2.98. The molecule has 0 spiro atoms. The summed E-state index contributed by atoms with van der Waals surface area (Å²) in [7, 11) is 0. The van der Waals surface area contributed by atoms with Gasteiger partial charge in [0, 0.05) is 1.43 Å². The van der Waals surface area contributed by atoms with Crippen molar-refractivity contribution in [2.45, 2.75) is 19.8 Å². The van der Waals surface area contributed by atoms with Crippen molar-refractivity contribution in [3.05, 3.63) is 35.4 Å². The summed E-state index contributed by atoms with van der Waals surface area (Å²) in [5, 5.41) is 0. The average molecular weight is 165 g/mol. The number of carbonyl (C=O) groups excluding carboxylic acids is 1. The van der Waals surface area contributed by atoms with E-state index < -0.39 is 0 Å². The first-order chi connectivity index (χ1) is 5.63. The number of benzene rings is 1. The van der Waals surface area contributed by atoms with Crippen LogP contribution in [-0.4, -0.2) is 5.91 Å². The number of hydrogen-bond donors (Lipinski definition) is 1. The van der Waals surface area contributed by atoms with Gasteiger partial charge in [-0.25, -0.2) is 0 Å². The van der Waals surface area contributed by atoms with Crippen molar-refractivity contribution in [1.29, 1.82) is 0 Å². The molecule has 1 rings (SSSR count). The monoisotopic (exact) mass is 165 g/mol. The van der Waals surface area contributed by atoms with Gasteiger partial charge in [0.1, 0.15) is 0 Å². The molecule has 1 aromatic rings.